The van der Waals surface area contributed by atoms with Crippen LogP contribution in [0.2, 0.25) is 0 Å². The lowest BCUT2D eigenvalue weighted by molar-refractivity contribution is -0.385. The Morgan fingerprint density at radius 3 is 2.77 bits per heavy atom. The first-order valence-electron chi connectivity index (χ1n) is 3.47. The second-order valence-electron chi connectivity index (χ2n) is 2.37. The van der Waals surface area contributed by atoms with Gasteiger partial charge in [-0.1, -0.05) is 0 Å². The lowest BCUT2D eigenvalue weighted by atomic mass is 10.1. The van der Waals surface area contributed by atoms with Crippen molar-refractivity contribution in [3.8, 4) is 6.07 Å². The molecule has 0 aliphatic rings. The molecule has 5 heteroatoms. The van der Waals surface area contributed by atoms with Crippen LogP contribution in [0.25, 0.3) is 0 Å². The molecule has 5 nitrogen and oxygen atoms in total. The number of hydrogen-bond acceptors (Lipinski definition) is 4. The summed E-state index contributed by atoms with van der Waals surface area (Å²) < 4.78 is 0. The van der Waals surface area contributed by atoms with E-state index in [2.05, 4.69) is 0 Å². The van der Waals surface area contributed by atoms with Crippen molar-refractivity contribution in [1.29, 1.82) is 5.26 Å². The zero-order chi connectivity index (χ0) is 9.84. The third kappa shape index (κ3) is 1.80. The summed E-state index contributed by atoms with van der Waals surface area (Å²) >= 11 is 0. The average Bonchev–Trinajstić information content (AvgIpc) is 2.16. The van der Waals surface area contributed by atoms with Crippen molar-refractivity contribution in [2.24, 2.45) is 0 Å². The van der Waals surface area contributed by atoms with Gasteiger partial charge in [-0.3, -0.25) is 10.1 Å². The fourth-order valence-electron chi connectivity index (χ4n) is 0.960. The van der Waals surface area contributed by atoms with Crippen molar-refractivity contribution in [2.75, 3.05) is 0 Å². The predicted octanol–water partition coefficient (Wildman–Crippen LogP) is 0.959. The number of nitro benzene ring substituents is 1. The molecule has 0 aromatic heterocycles. The molecule has 0 amide bonds. The maximum atomic E-state index is 10.4. The van der Waals surface area contributed by atoms with Gasteiger partial charge in [-0.15, -0.1) is 0 Å². The normalized spacial score (nSPS) is 9.23. The first-order valence-corrected chi connectivity index (χ1v) is 3.47. The Balaban J connectivity index is 3.25. The van der Waals surface area contributed by atoms with E-state index < -0.39 is 11.5 Å². The van der Waals surface area contributed by atoms with Crippen LogP contribution in [-0.2, 0) is 6.61 Å². The minimum atomic E-state index is -0.591. The number of aliphatic hydroxyl groups excluding tert-OH is 1. The van der Waals surface area contributed by atoms with Gasteiger partial charge < -0.3 is 5.11 Å². The summed E-state index contributed by atoms with van der Waals surface area (Å²) in [6, 6.07) is 5.69. The first-order chi connectivity index (χ1) is 6.19. The van der Waals surface area contributed by atoms with Crippen molar-refractivity contribution in [3.63, 3.8) is 0 Å². The van der Waals surface area contributed by atoms with Crippen LogP contribution in [0.5, 0.6) is 0 Å². The maximum absolute atomic E-state index is 10.4. The molecule has 0 aliphatic heterocycles. The summed E-state index contributed by atoms with van der Waals surface area (Å²) in [5.74, 6) is 0. The number of aliphatic hydroxyl groups is 1. The van der Waals surface area contributed by atoms with Crippen LogP contribution in [0.4, 0.5) is 5.69 Å². The van der Waals surface area contributed by atoms with Crippen molar-refractivity contribution >= 4 is 5.69 Å². The van der Waals surface area contributed by atoms with Gasteiger partial charge in [0.15, 0.2) is 0 Å². The molecular formula is C8H6N2O3. The van der Waals surface area contributed by atoms with Crippen LogP contribution in [0.15, 0.2) is 18.2 Å². The maximum Gasteiger partial charge on any atom is 0.274 e. The summed E-state index contributed by atoms with van der Waals surface area (Å²) in [6.07, 6.45) is 0. The van der Waals surface area contributed by atoms with Gasteiger partial charge in [0.1, 0.15) is 0 Å². The second-order valence-corrected chi connectivity index (χ2v) is 2.37. The Kier molecular flexibility index (Phi) is 2.57. The molecule has 0 bridgehead atoms. The Labute approximate surface area is 74.0 Å². The third-order valence-corrected chi connectivity index (χ3v) is 1.58. The lowest BCUT2D eigenvalue weighted by Crippen LogP contribution is -1.95. The van der Waals surface area contributed by atoms with Crippen LogP contribution < -0.4 is 0 Å². The molecule has 0 saturated carbocycles. The van der Waals surface area contributed by atoms with Crippen LogP contribution in [0.3, 0.4) is 0 Å². The number of rotatable bonds is 2. The number of nitriles is 1. The molecule has 66 valence electrons. The van der Waals surface area contributed by atoms with Crippen LogP contribution >= 0.6 is 0 Å². The monoisotopic (exact) mass is 178 g/mol. The van der Waals surface area contributed by atoms with Gasteiger partial charge in [-0.25, -0.2) is 0 Å². The predicted molar refractivity (Wildman–Crippen MR) is 43.7 cm³/mol. The zero-order valence-corrected chi connectivity index (χ0v) is 6.60. The summed E-state index contributed by atoms with van der Waals surface area (Å²) in [6.45, 7) is -0.439. The quantitative estimate of drug-likeness (QED) is 0.539. The molecule has 1 rings (SSSR count). The fourth-order valence-corrected chi connectivity index (χ4v) is 0.960. The topological polar surface area (TPSA) is 87.2 Å². The van der Waals surface area contributed by atoms with Crippen molar-refractivity contribution in [3.05, 3.63) is 39.4 Å². The zero-order valence-electron chi connectivity index (χ0n) is 6.60. The standard InChI is InChI=1S/C8H6N2O3/c9-4-6-1-2-8(10(12)13)7(3-6)5-11/h1-3,11H,5H2. The van der Waals surface area contributed by atoms with E-state index in [1.54, 1.807) is 0 Å². The van der Waals surface area contributed by atoms with Gasteiger partial charge in [-0.2, -0.15) is 5.26 Å². The summed E-state index contributed by atoms with van der Waals surface area (Å²) in [7, 11) is 0. The Morgan fingerprint density at radius 1 is 1.62 bits per heavy atom. The second kappa shape index (κ2) is 3.65. The Morgan fingerprint density at radius 2 is 2.31 bits per heavy atom. The highest BCUT2D eigenvalue weighted by Gasteiger charge is 2.12. The minimum absolute atomic E-state index is 0.157. The number of nitrogens with zero attached hydrogens (tertiary/aromatic N) is 2. The molecule has 0 fully saturated rings. The van der Waals surface area contributed by atoms with E-state index in [1.807, 2.05) is 6.07 Å². The Hall–Kier alpha value is -1.93. The first kappa shape index (κ1) is 9.16. The van der Waals surface area contributed by atoms with E-state index in [0.29, 0.717) is 5.56 Å². The molecule has 0 aliphatic carbocycles. The largest absolute Gasteiger partial charge is 0.391 e. The van der Waals surface area contributed by atoms with E-state index >= 15 is 0 Å². The lowest BCUT2D eigenvalue weighted by Gasteiger charge is -1.98. The molecule has 0 atom stereocenters. The number of benzene rings is 1. The molecule has 1 aromatic rings. The summed E-state index contributed by atoms with van der Waals surface area (Å²) in [5.41, 5.74) is 0.292. The van der Waals surface area contributed by atoms with Crippen LogP contribution in [0.1, 0.15) is 11.1 Å². The smallest absolute Gasteiger partial charge is 0.274 e. The molecule has 13 heavy (non-hydrogen) atoms. The number of hydrogen-bond donors (Lipinski definition) is 1. The van der Waals surface area contributed by atoms with E-state index in [9.17, 15) is 10.1 Å². The highest BCUT2D eigenvalue weighted by Crippen LogP contribution is 2.19. The van der Waals surface area contributed by atoms with Gasteiger partial charge in [0.2, 0.25) is 0 Å². The highest BCUT2D eigenvalue weighted by molar-refractivity contribution is 5.45. The molecule has 0 saturated heterocycles. The number of nitro groups is 1. The van der Waals surface area contributed by atoms with Gasteiger partial charge >= 0.3 is 0 Å². The van der Waals surface area contributed by atoms with Crippen LogP contribution in [0, 0.1) is 21.4 Å². The van der Waals surface area contributed by atoms with Gasteiger partial charge in [0.25, 0.3) is 5.69 Å². The summed E-state index contributed by atoms with van der Waals surface area (Å²) in [5, 5.41) is 27.7. The van der Waals surface area contributed by atoms with Crippen LogP contribution in [-0.4, -0.2) is 10.0 Å². The Bertz CT molecular complexity index is 381. The summed E-state index contributed by atoms with van der Waals surface area (Å²) in [4.78, 5) is 9.80. The molecule has 0 radical (unpaired) electrons. The molecule has 1 N–H and O–H groups in total. The van der Waals surface area contributed by atoms with Crippen molar-refractivity contribution in [1.82, 2.24) is 0 Å². The van der Waals surface area contributed by atoms with E-state index in [4.69, 9.17) is 10.4 Å². The highest BCUT2D eigenvalue weighted by atomic mass is 16.6. The minimum Gasteiger partial charge on any atom is -0.391 e. The third-order valence-electron chi connectivity index (χ3n) is 1.58. The van der Waals surface area contributed by atoms with Crippen molar-refractivity contribution in [2.45, 2.75) is 6.61 Å². The molecule has 0 heterocycles. The van der Waals surface area contributed by atoms with E-state index in [1.165, 1.54) is 18.2 Å². The molecule has 0 unspecified atom stereocenters. The van der Waals surface area contributed by atoms with Gasteiger partial charge in [-0.05, 0) is 12.1 Å². The average molecular weight is 178 g/mol. The molecule has 0 spiro atoms. The van der Waals surface area contributed by atoms with Gasteiger partial charge in [0.05, 0.1) is 28.7 Å². The molecular weight excluding hydrogens is 172 g/mol. The molecule has 1 aromatic carbocycles. The van der Waals surface area contributed by atoms with E-state index in [-0.39, 0.29) is 11.3 Å². The SMILES string of the molecule is N#Cc1ccc([N+](=O)[O-])c(CO)c1. The van der Waals surface area contributed by atoms with Crippen molar-refractivity contribution < 1.29 is 10.0 Å². The van der Waals surface area contributed by atoms with E-state index in [0.717, 1.165) is 0 Å². The fraction of sp³-hybridized carbons (Fsp3) is 0.125. The van der Waals surface area contributed by atoms with Gasteiger partial charge in [0, 0.05) is 6.07 Å².